The summed E-state index contributed by atoms with van der Waals surface area (Å²) < 4.78 is 14.7. The number of piperidine rings is 1. The zero-order valence-electron chi connectivity index (χ0n) is 22.0. The van der Waals surface area contributed by atoms with Gasteiger partial charge in [0.25, 0.3) is 0 Å². The summed E-state index contributed by atoms with van der Waals surface area (Å²) >= 11 is 0. The van der Waals surface area contributed by atoms with Crippen LogP contribution in [0.1, 0.15) is 50.3 Å². The molecule has 0 bridgehead atoms. The number of H-pyrrole nitrogens is 1. The van der Waals surface area contributed by atoms with Crippen LogP contribution >= 0.6 is 0 Å². The number of likely N-dealkylation sites (tertiary alicyclic amines) is 1. The molecule has 1 aromatic heterocycles. The van der Waals surface area contributed by atoms with Gasteiger partial charge in [0, 0.05) is 61.2 Å². The highest BCUT2D eigenvalue weighted by molar-refractivity contribution is 5.98. The lowest BCUT2D eigenvalue weighted by Crippen LogP contribution is -2.49. The van der Waals surface area contributed by atoms with E-state index in [1.165, 1.54) is 11.1 Å². The van der Waals surface area contributed by atoms with Gasteiger partial charge in [0.05, 0.1) is 17.0 Å². The average Bonchev–Trinajstić information content (AvgIpc) is 3.31. The molecular weight excluding hydrogens is 463 g/mol. The number of anilines is 1. The van der Waals surface area contributed by atoms with Gasteiger partial charge in [-0.2, -0.15) is 5.10 Å². The first kappa shape index (κ1) is 25.2. The SMILES string of the molecule is C=C/C(=C\C=NC)c1n[nH]c2cc3c(cc12)CN([C@@H]1CCCN(CC2=C(CC)CCC=C2F)C1)C(=C)N3. The highest BCUT2D eigenvalue weighted by Gasteiger charge is 2.31. The third kappa shape index (κ3) is 5.05. The van der Waals surface area contributed by atoms with Gasteiger partial charge in [-0.05, 0) is 68.5 Å². The van der Waals surface area contributed by atoms with Gasteiger partial charge in [-0.25, -0.2) is 4.39 Å². The van der Waals surface area contributed by atoms with E-state index >= 15 is 0 Å². The van der Waals surface area contributed by atoms with Gasteiger partial charge < -0.3 is 10.2 Å². The van der Waals surface area contributed by atoms with Gasteiger partial charge in [0.2, 0.25) is 0 Å². The summed E-state index contributed by atoms with van der Waals surface area (Å²) in [5, 5.41) is 12.3. The molecular formula is C30H37FN6. The normalized spacial score (nSPS) is 21.4. The van der Waals surface area contributed by atoms with E-state index in [0.717, 1.165) is 91.0 Å². The van der Waals surface area contributed by atoms with Crippen LogP contribution in [0.25, 0.3) is 16.5 Å². The number of aliphatic imine (C=N–C) groups is 1. The number of nitrogens with zero attached hydrogens (tertiary/aromatic N) is 4. The lowest BCUT2D eigenvalue weighted by molar-refractivity contribution is 0.122. The van der Waals surface area contributed by atoms with Crippen molar-refractivity contribution >= 4 is 28.4 Å². The number of fused-ring (bicyclic) bond motifs is 2. The second-order valence-electron chi connectivity index (χ2n) is 10.1. The highest BCUT2D eigenvalue weighted by Crippen LogP contribution is 2.36. The first-order valence-corrected chi connectivity index (χ1v) is 13.3. The van der Waals surface area contributed by atoms with Crippen molar-refractivity contribution < 1.29 is 4.39 Å². The summed E-state index contributed by atoms with van der Waals surface area (Å²) in [7, 11) is 1.75. The smallest absolute Gasteiger partial charge is 0.123 e. The summed E-state index contributed by atoms with van der Waals surface area (Å²) in [5.74, 6) is 0.905. The van der Waals surface area contributed by atoms with E-state index < -0.39 is 0 Å². The number of rotatable bonds is 7. The average molecular weight is 501 g/mol. The Kier molecular flexibility index (Phi) is 7.42. The van der Waals surface area contributed by atoms with Crippen molar-refractivity contribution in [2.75, 3.05) is 32.0 Å². The molecule has 3 heterocycles. The molecule has 0 unspecified atom stereocenters. The zero-order valence-corrected chi connectivity index (χ0v) is 22.0. The Balaban J connectivity index is 1.37. The van der Waals surface area contributed by atoms with E-state index in [1.54, 1.807) is 19.3 Å². The van der Waals surface area contributed by atoms with Crippen LogP contribution in [0.15, 0.2) is 71.3 Å². The number of hydrogen-bond donors (Lipinski definition) is 2. The monoisotopic (exact) mass is 500 g/mol. The van der Waals surface area contributed by atoms with Gasteiger partial charge in [0.15, 0.2) is 0 Å². The van der Waals surface area contributed by atoms with E-state index in [9.17, 15) is 4.39 Å². The molecule has 3 aliphatic rings. The lowest BCUT2D eigenvalue weighted by atomic mass is 9.93. The molecule has 0 amide bonds. The quantitative estimate of drug-likeness (QED) is 0.344. The predicted octanol–water partition coefficient (Wildman–Crippen LogP) is 6.35. The van der Waals surface area contributed by atoms with Crippen molar-refractivity contribution in [3.63, 3.8) is 0 Å². The van der Waals surface area contributed by atoms with Gasteiger partial charge in [-0.1, -0.05) is 31.7 Å². The van der Waals surface area contributed by atoms with Crippen LogP contribution in [-0.4, -0.2) is 58.9 Å². The topological polar surface area (TPSA) is 59.6 Å². The lowest BCUT2D eigenvalue weighted by Gasteiger charge is -2.44. The Morgan fingerprint density at radius 1 is 1.35 bits per heavy atom. The Hall–Kier alpha value is -3.45. The molecule has 1 atom stereocenters. The number of hydrogen-bond acceptors (Lipinski definition) is 5. The zero-order chi connectivity index (χ0) is 25.9. The molecule has 1 aliphatic carbocycles. The molecule has 1 fully saturated rings. The van der Waals surface area contributed by atoms with Gasteiger partial charge in [-0.15, -0.1) is 0 Å². The number of allylic oxidation sites excluding steroid dienone is 5. The molecule has 194 valence electrons. The molecule has 37 heavy (non-hydrogen) atoms. The summed E-state index contributed by atoms with van der Waals surface area (Å²) in [6, 6.07) is 4.66. The first-order valence-electron chi connectivity index (χ1n) is 13.3. The molecule has 0 saturated carbocycles. The maximum atomic E-state index is 14.7. The van der Waals surface area contributed by atoms with E-state index in [1.807, 2.05) is 12.2 Å². The Morgan fingerprint density at radius 3 is 3.00 bits per heavy atom. The van der Waals surface area contributed by atoms with Gasteiger partial charge >= 0.3 is 0 Å². The minimum absolute atomic E-state index is 0.0127. The second kappa shape index (κ2) is 10.9. The van der Waals surface area contributed by atoms with Crippen LogP contribution in [0.2, 0.25) is 0 Å². The highest BCUT2D eigenvalue weighted by atomic mass is 19.1. The second-order valence-corrected chi connectivity index (χ2v) is 10.1. The molecule has 2 aliphatic heterocycles. The summed E-state index contributed by atoms with van der Waals surface area (Å²) in [6.07, 6.45) is 12.2. The fourth-order valence-electron chi connectivity index (χ4n) is 5.88. The number of aromatic amines is 1. The van der Waals surface area contributed by atoms with E-state index in [-0.39, 0.29) is 5.83 Å². The first-order chi connectivity index (χ1) is 18.0. The van der Waals surface area contributed by atoms with Crippen molar-refractivity contribution in [3.05, 3.63) is 77.6 Å². The molecule has 1 saturated heterocycles. The number of aromatic nitrogens is 2. The predicted molar refractivity (Wildman–Crippen MR) is 152 cm³/mol. The maximum absolute atomic E-state index is 14.7. The Bertz CT molecular complexity index is 1330. The van der Waals surface area contributed by atoms with Crippen molar-refractivity contribution in [3.8, 4) is 0 Å². The van der Waals surface area contributed by atoms with E-state index in [2.05, 4.69) is 62.5 Å². The van der Waals surface area contributed by atoms with Crippen molar-refractivity contribution in [1.29, 1.82) is 0 Å². The van der Waals surface area contributed by atoms with Crippen molar-refractivity contribution in [2.45, 2.75) is 51.6 Å². The van der Waals surface area contributed by atoms with Crippen LogP contribution in [0.3, 0.4) is 0 Å². The van der Waals surface area contributed by atoms with Crippen LogP contribution in [-0.2, 0) is 6.54 Å². The molecule has 6 nitrogen and oxygen atoms in total. The minimum atomic E-state index is -0.0127. The van der Waals surface area contributed by atoms with Gasteiger partial charge in [0.1, 0.15) is 5.83 Å². The standard InChI is InChI=1S/C30H37FN6/c1-5-21-9-7-11-27(31)26(21)19-36-14-8-10-24(18-36)37-17-23-15-25-29(16-28(23)33-20(37)3)34-35-30(25)22(6-2)12-13-32-4/h6,11-13,15-16,24,33H,2-3,5,7-10,14,17-19H2,1,4H3,(H,34,35)/b22-12+,32-13?/t24-/m1/s1. The van der Waals surface area contributed by atoms with E-state index in [0.29, 0.717) is 12.6 Å². The molecule has 2 aromatic rings. The molecule has 5 rings (SSSR count). The van der Waals surface area contributed by atoms with Crippen molar-refractivity contribution in [1.82, 2.24) is 20.0 Å². The number of nitrogens with one attached hydrogen (secondary N) is 2. The number of benzene rings is 1. The molecule has 2 N–H and O–H groups in total. The third-order valence-electron chi connectivity index (χ3n) is 7.86. The van der Waals surface area contributed by atoms with Crippen LogP contribution in [0.5, 0.6) is 0 Å². The fourth-order valence-corrected chi connectivity index (χ4v) is 5.88. The van der Waals surface area contributed by atoms with Crippen LogP contribution in [0.4, 0.5) is 10.1 Å². The Labute approximate surface area is 219 Å². The number of halogens is 1. The van der Waals surface area contributed by atoms with Crippen molar-refractivity contribution in [2.24, 2.45) is 4.99 Å². The molecule has 1 aromatic carbocycles. The fraction of sp³-hybridized carbons (Fsp3) is 0.400. The Morgan fingerprint density at radius 2 is 2.22 bits per heavy atom. The van der Waals surface area contributed by atoms with Crippen LogP contribution < -0.4 is 5.32 Å². The summed E-state index contributed by atoms with van der Waals surface area (Å²) in [5.41, 5.74) is 7.23. The third-order valence-corrected chi connectivity index (χ3v) is 7.86. The molecule has 7 heteroatoms. The van der Waals surface area contributed by atoms with Crippen LogP contribution in [0, 0.1) is 0 Å². The van der Waals surface area contributed by atoms with Gasteiger partial charge in [-0.3, -0.25) is 15.0 Å². The van der Waals surface area contributed by atoms with E-state index in [4.69, 9.17) is 0 Å². The molecule has 0 radical (unpaired) electrons. The largest absolute Gasteiger partial charge is 0.350 e. The molecule has 0 spiro atoms. The summed E-state index contributed by atoms with van der Waals surface area (Å²) in [6.45, 7) is 13.9. The maximum Gasteiger partial charge on any atom is 0.123 e. The summed E-state index contributed by atoms with van der Waals surface area (Å²) in [4.78, 5) is 8.88. The minimum Gasteiger partial charge on any atom is -0.350 e.